The van der Waals surface area contributed by atoms with Crippen molar-refractivity contribution in [2.24, 2.45) is 11.1 Å². The van der Waals surface area contributed by atoms with E-state index in [0.717, 1.165) is 28.9 Å². The van der Waals surface area contributed by atoms with Gasteiger partial charge in [-0.15, -0.1) is 0 Å². The lowest BCUT2D eigenvalue weighted by molar-refractivity contribution is -0.0113. The van der Waals surface area contributed by atoms with Crippen LogP contribution in [0, 0.1) is 19.3 Å². The number of carbonyl (C=O) groups is 3. The van der Waals surface area contributed by atoms with E-state index in [1.165, 1.54) is 24.3 Å². The fourth-order valence-electron chi connectivity index (χ4n) is 10.4. The number of benzene rings is 5. The van der Waals surface area contributed by atoms with Crippen LogP contribution in [0.4, 0.5) is 11.4 Å². The van der Waals surface area contributed by atoms with Gasteiger partial charge in [-0.3, -0.25) is 9.59 Å². The summed E-state index contributed by atoms with van der Waals surface area (Å²) in [6.07, 6.45) is 2.58. The van der Waals surface area contributed by atoms with E-state index in [1.807, 2.05) is 35.9 Å². The standard InChI is InChI=1S/C60H68N6O12S/c1-38-8-5-9-40(30-38)37-65(58(79)63-41-10-15-47-46(31-41)57(71)78-60(47)48-16-12-43(67)33-53(48)77-54-34-44(68)13-17-49(54)60)19-7-21-73-23-25-75-27-29-76-28-26-74-24-22-72-20-6-18-62-50-32-42(11-14-45(50)56(61)70)66-51-35-59(3,4)36-52(69)55(51)39(2)64-66/h5,8-17,30-34,62,67-68H,6-7,18-29,35-37H2,1-4H3,(H2,61,70)(H,63,79). The minimum Gasteiger partial charge on any atom is -0.508 e. The van der Waals surface area contributed by atoms with Gasteiger partial charge < -0.3 is 64.6 Å². The predicted octanol–water partition coefficient (Wildman–Crippen LogP) is 8.90. The summed E-state index contributed by atoms with van der Waals surface area (Å²) < 4.78 is 42.9. The molecule has 416 valence electrons. The van der Waals surface area contributed by atoms with Crippen molar-refractivity contribution in [3.8, 4) is 28.7 Å². The fourth-order valence-corrected chi connectivity index (χ4v) is 10.7. The first-order chi connectivity index (χ1) is 38.1. The van der Waals surface area contributed by atoms with Gasteiger partial charge in [0.2, 0.25) is 0 Å². The summed E-state index contributed by atoms with van der Waals surface area (Å²) in [6, 6.07) is 28.4. The molecule has 18 nitrogen and oxygen atoms in total. The minimum absolute atomic E-state index is 0.0163. The molecule has 1 spiro atoms. The number of Topliss-reactive ketones (excluding diaryl/α,β-unsaturated/α-hetero) is 1. The zero-order valence-corrected chi connectivity index (χ0v) is 45.9. The van der Waals surface area contributed by atoms with E-state index >= 15 is 0 Å². The lowest BCUT2D eigenvalue weighted by Crippen LogP contribution is -2.35. The third-order valence-corrected chi connectivity index (χ3v) is 14.3. The number of nitrogens with zero attached hydrogens (tertiary/aromatic N) is 3. The van der Waals surface area contributed by atoms with Gasteiger partial charge in [0.05, 0.1) is 86.6 Å². The van der Waals surface area contributed by atoms with Crippen molar-refractivity contribution in [1.82, 2.24) is 14.7 Å². The summed E-state index contributed by atoms with van der Waals surface area (Å²) in [5.74, 6) is -0.381. The average molecular weight is 1100 g/mol. The van der Waals surface area contributed by atoms with Crippen molar-refractivity contribution in [3.63, 3.8) is 0 Å². The van der Waals surface area contributed by atoms with E-state index in [9.17, 15) is 24.6 Å². The number of phenols is 2. The molecular weight excluding hydrogens is 1030 g/mol. The molecule has 3 heterocycles. The average Bonchev–Trinajstić information content (AvgIpc) is 3.37. The second-order valence-electron chi connectivity index (χ2n) is 20.7. The number of ether oxygens (including phenoxy) is 7. The van der Waals surface area contributed by atoms with Crippen LogP contribution >= 0.6 is 12.2 Å². The number of phenolic OH excluding ortho intramolecular Hbond substituents is 2. The molecule has 5 aromatic carbocycles. The summed E-state index contributed by atoms with van der Waals surface area (Å²) in [7, 11) is 0. The van der Waals surface area contributed by atoms with Crippen molar-refractivity contribution in [3.05, 3.63) is 153 Å². The first-order valence-electron chi connectivity index (χ1n) is 26.6. The normalized spacial score (nSPS) is 14.4. The first kappa shape index (κ1) is 56.3. The Balaban J connectivity index is 0.644. The molecule has 0 saturated heterocycles. The molecule has 2 aliphatic heterocycles. The van der Waals surface area contributed by atoms with E-state index in [4.69, 9.17) is 56.2 Å². The first-order valence-corrected chi connectivity index (χ1v) is 27.0. The molecule has 9 rings (SSSR count). The number of nitrogens with one attached hydrogen (secondary N) is 2. The van der Waals surface area contributed by atoms with Crippen LogP contribution < -0.4 is 21.1 Å². The highest BCUT2D eigenvalue weighted by Gasteiger charge is 2.54. The molecule has 1 amide bonds. The number of thiocarbonyl (C=S) groups is 1. The van der Waals surface area contributed by atoms with Gasteiger partial charge in [-0.2, -0.15) is 5.10 Å². The van der Waals surface area contributed by atoms with Crippen LogP contribution in [-0.2, 0) is 47.0 Å². The number of nitrogens with two attached hydrogens (primary N) is 1. The van der Waals surface area contributed by atoms with E-state index in [0.29, 0.717) is 172 Å². The lowest BCUT2D eigenvalue weighted by Gasteiger charge is -2.36. The minimum atomic E-state index is -1.37. The van der Waals surface area contributed by atoms with Crippen molar-refractivity contribution in [2.75, 3.05) is 89.8 Å². The molecule has 3 aliphatic rings. The molecular formula is C60H68N6O12S. The van der Waals surface area contributed by atoms with Crippen molar-refractivity contribution < 1.29 is 57.8 Å². The number of carbonyl (C=O) groups excluding carboxylic acids is 3. The Morgan fingerprint density at radius 2 is 1.38 bits per heavy atom. The van der Waals surface area contributed by atoms with Crippen LogP contribution in [0.5, 0.6) is 23.0 Å². The number of hydrogen-bond donors (Lipinski definition) is 5. The summed E-state index contributed by atoms with van der Waals surface area (Å²) in [5.41, 5.74) is 13.1. The zero-order valence-electron chi connectivity index (χ0n) is 45.1. The summed E-state index contributed by atoms with van der Waals surface area (Å²) in [6.45, 7) is 14.2. The third kappa shape index (κ3) is 13.2. The molecule has 6 aromatic rings. The number of ketones is 1. The van der Waals surface area contributed by atoms with Gasteiger partial charge >= 0.3 is 5.97 Å². The van der Waals surface area contributed by atoms with Gasteiger partial charge in [0.1, 0.15) is 23.0 Å². The molecule has 0 bridgehead atoms. The highest BCUT2D eigenvalue weighted by Crippen LogP contribution is 2.57. The molecule has 0 atom stereocenters. The van der Waals surface area contributed by atoms with Crippen molar-refractivity contribution in [1.29, 1.82) is 0 Å². The quantitative estimate of drug-likeness (QED) is 0.0194. The van der Waals surface area contributed by atoms with Gasteiger partial charge in [0, 0.05) is 79.5 Å². The van der Waals surface area contributed by atoms with Crippen LogP contribution in [0.1, 0.15) is 103 Å². The maximum atomic E-state index is 13.8. The van der Waals surface area contributed by atoms with Gasteiger partial charge in [0.25, 0.3) is 5.91 Å². The van der Waals surface area contributed by atoms with Crippen molar-refractivity contribution >= 4 is 46.4 Å². The number of anilines is 2. The molecule has 19 heteroatoms. The monoisotopic (exact) mass is 1100 g/mol. The Morgan fingerprint density at radius 3 is 2.01 bits per heavy atom. The van der Waals surface area contributed by atoms with Crippen LogP contribution in [0.3, 0.4) is 0 Å². The van der Waals surface area contributed by atoms with Crippen molar-refractivity contribution in [2.45, 2.75) is 65.5 Å². The van der Waals surface area contributed by atoms with E-state index in [1.54, 1.807) is 30.3 Å². The molecule has 79 heavy (non-hydrogen) atoms. The molecule has 0 radical (unpaired) electrons. The SMILES string of the molecule is Cc1cccc(CN(CCCOCCOCCOCCOCCOCCCNc2cc(-n3nc(C)c4c3CC(C)(C)CC4=O)ccc2C(N)=O)C(=S)Nc2ccc3c(c2)C(=O)OC32c3ccc(O)cc3Oc3cc(O)ccc32)c1. The molecule has 1 aliphatic carbocycles. The van der Waals surface area contributed by atoms with E-state index < -0.39 is 17.5 Å². The maximum Gasteiger partial charge on any atom is 0.340 e. The second kappa shape index (κ2) is 25.2. The molecule has 6 N–H and O–H groups in total. The number of aromatic hydroxyl groups is 2. The number of fused-ring (bicyclic) bond motifs is 7. The molecule has 0 saturated carbocycles. The second-order valence-corrected chi connectivity index (χ2v) is 21.1. The molecule has 1 aromatic heterocycles. The number of primary amides is 1. The highest BCUT2D eigenvalue weighted by atomic mass is 32.1. The predicted molar refractivity (Wildman–Crippen MR) is 301 cm³/mol. The van der Waals surface area contributed by atoms with Crippen LogP contribution in [0.15, 0.2) is 97.1 Å². The number of esters is 1. The zero-order chi connectivity index (χ0) is 55.7. The topological polar surface area (TPSA) is 227 Å². The van der Waals surface area contributed by atoms with Gasteiger partial charge in [0.15, 0.2) is 16.5 Å². The summed E-state index contributed by atoms with van der Waals surface area (Å²) >= 11 is 6.00. The van der Waals surface area contributed by atoms with Gasteiger partial charge in [-0.1, -0.05) is 49.7 Å². The number of hydrogen-bond acceptors (Lipinski definition) is 15. The Kier molecular flexibility index (Phi) is 17.9. The maximum absolute atomic E-state index is 13.8. The number of aryl methyl sites for hydroxylation is 2. The number of aromatic nitrogens is 2. The highest BCUT2D eigenvalue weighted by molar-refractivity contribution is 7.80. The number of rotatable bonds is 26. The fraction of sp³-hybridized carbons (Fsp3) is 0.383. The smallest absolute Gasteiger partial charge is 0.340 e. The Morgan fingerprint density at radius 1 is 0.759 bits per heavy atom. The molecule has 0 unspecified atom stereocenters. The third-order valence-electron chi connectivity index (χ3n) is 14.0. The summed E-state index contributed by atoms with van der Waals surface area (Å²) in [5, 5.41) is 32.5. The van der Waals surface area contributed by atoms with Gasteiger partial charge in [-0.05, 0) is 111 Å². The van der Waals surface area contributed by atoms with Gasteiger partial charge in [-0.25, -0.2) is 9.48 Å². The van der Waals surface area contributed by atoms with E-state index in [2.05, 4.69) is 54.5 Å². The Bertz CT molecular complexity index is 3160. The molecule has 0 fully saturated rings. The van der Waals surface area contributed by atoms with Crippen LogP contribution in [0.2, 0.25) is 0 Å². The van der Waals surface area contributed by atoms with E-state index in [-0.39, 0.29) is 22.7 Å². The largest absolute Gasteiger partial charge is 0.508 e. The number of amides is 1. The Hall–Kier alpha value is -7.39. The Labute approximate surface area is 465 Å². The lowest BCUT2D eigenvalue weighted by atomic mass is 9.75. The van der Waals surface area contributed by atoms with Crippen LogP contribution in [0.25, 0.3) is 5.69 Å². The summed E-state index contributed by atoms with van der Waals surface area (Å²) in [4.78, 5) is 41.0. The van der Waals surface area contributed by atoms with Crippen LogP contribution in [-0.4, -0.2) is 127 Å².